The van der Waals surface area contributed by atoms with Crippen molar-refractivity contribution in [1.29, 1.82) is 0 Å². The average molecular weight is 293 g/mol. The van der Waals surface area contributed by atoms with E-state index in [-0.39, 0.29) is 18.0 Å². The minimum absolute atomic E-state index is 0.00356. The number of nitrogens with zero attached hydrogens (tertiary/aromatic N) is 1. The van der Waals surface area contributed by atoms with Crippen LogP contribution in [-0.2, 0) is 16.1 Å². The van der Waals surface area contributed by atoms with Crippen LogP contribution in [0.3, 0.4) is 0 Å². The molecule has 0 spiro atoms. The molecular formula is C16H27N3O2. The van der Waals surface area contributed by atoms with E-state index in [1.54, 1.807) is 7.11 Å². The van der Waals surface area contributed by atoms with Crippen LogP contribution in [0.1, 0.15) is 26.3 Å². The first-order chi connectivity index (χ1) is 9.97. The van der Waals surface area contributed by atoms with E-state index in [2.05, 4.69) is 24.1 Å². The maximum Gasteiger partial charge on any atom is 0.239 e. The number of ether oxygens (including phenoxy) is 1. The molecule has 5 heteroatoms. The third-order valence-electron chi connectivity index (χ3n) is 3.27. The van der Waals surface area contributed by atoms with Gasteiger partial charge in [-0.2, -0.15) is 0 Å². The molecule has 1 unspecified atom stereocenters. The van der Waals surface area contributed by atoms with Crippen molar-refractivity contribution < 1.29 is 9.53 Å². The van der Waals surface area contributed by atoms with Crippen molar-refractivity contribution in [1.82, 2.24) is 5.32 Å². The largest absolute Gasteiger partial charge is 0.383 e. The van der Waals surface area contributed by atoms with Crippen LogP contribution in [0, 0.1) is 0 Å². The third-order valence-corrected chi connectivity index (χ3v) is 3.27. The minimum atomic E-state index is -0.00356. The molecule has 1 aromatic rings. The molecular weight excluding hydrogens is 266 g/mol. The first kappa shape index (κ1) is 17.5. The van der Waals surface area contributed by atoms with Crippen molar-refractivity contribution >= 4 is 11.6 Å². The van der Waals surface area contributed by atoms with Gasteiger partial charge in [0.05, 0.1) is 13.2 Å². The maximum atomic E-state index is 12.1. The van der Waals surface area contributed by atoms with Gasteiger partial charge in [-0.25, -0.2) is 0 Å². The Hall–Kier alpha value is -1.59. The van der Waals surface area contributed by atoms with E-state index in [9.17, 15) is 4.79 Å². The molecule has 0 aliphatic carbocycles. The number of rotatable bonds is 8. The summed E-state index contributed by atoms with van der Waals surface area (Å²) in [5.41, 5.74) is 7.72. The summed E-state index contributed by atoms with van der Waals surface area (Å²) in [5.74, 6) is -0.00356. The number of carbonyl (C=O) groups is 1. The number of methoxy groups -OCH3 is 1. The lowest BCUT2D eigenvalue weighted by molar-refractivity contribution is -0.120. The highest BCUT2D eigenvalue weighted by Crippen LogP contribution is 2.17. The van der Waals surface area contributed by atoms with Crippen molar-refractivity contribution in [3.8, 4) is 0 Å². The zero-order valence-electron chi connectivity index (χ0n) is 13.4. The molecule has 0 aliphatic heterocycles. The zero-order chi connectivity index (χ0) is 15.8. The van der Waals surface area contributed by atoms with Gasteiger partial charge in [0, 0.05) is 31.4 Å². The first-order valence-electron chi connectivity index (χ1n) is 7.31. The number of nitrogens with two attached hydrogens (primary N) is 1. The van der Waals surface area contributed by atoms with Gasteiger partial charge in [-0.15, -0.1) is 0 Å². The SMILES string of the molecule is COCC(C)NC(=O)CN(c1ccc(CN)cc1)C(C)C. The molecule has 1 amide bonds. The van der Waals surface area contributed by atoms with Gasteiger partial charge in [0.2, 0.25) is 5.91 Å². The molecule has 1 atom stereocenters. The molecule has 5 nitrogen and oxygen atoms in total. The lowest BCUT2D eigenvalue weighted by Crippen LogP contribution is -2.44. The summed E-state index contributed by atoms with van der Waals surface area (Å²) < 4.78 is 5.03. The molecule has 0 saturated heterocycles. The monoisotopic (exact) mass is 293 g/mol. The topological polar surface area (TPSA) is 67.6 Å². The molecule has 21 heavy (non-hydrogen) atoms. The second kappa shape index (κ2) is 8.64. The maximum absolute atomic E-state index is 12.1. The Labute approximate surface area is 127 Å². The Bertz CT molecular complexity index is 432. The van der Waals surface area contributed by atoms with E-state index >= 15 is 0 Å². The molecule has 0 saturated carbocycles. The van der Waals surface area contributed by atoms with Crippen molar-refractivity contribution in [2.24, 2.45) is 5.73 Å². The van der Waals surface area contributed by atoms with Crippen LogP contribution in [-0.4, -0.2) is 38.3 Å². The minimum Gasteiger partial charge on any atom is -0.383 e. The molecule has 1 rings (SSSR count). The second-order valence-electron chi connectivity index (χ2n) is 5.52. The molecule has 3 N–H and O–H groups in total. The van der Waals surface area contributed by atoms with Crippen LogP contribution in [0.15, 0.2) is 24.3 Å². The summed E-state index contributed by atoms with van der Waals surface area (Å²) >= 11 is 0. The van der Waals surface area contributed by atoms with E-state index in [1.165, 1.54) is 0 Å². The molecule has 118 valence electrons. The molecule has 0 aliphatic rings. The van der Waals surface area contributed by atoms with Crippen LogP contribution >= 0.6 is 0 Å². The first-order valence-corrected chi connectivity index (χ1v) is 7.31. The van der Waals surface area contributed by atoms with Crippen molar-refractivity contribution in [3.05, 3.63) is 29.8 Å². The van der Waals surface area contributed by atoms with Crippen LogP contribution in [0.5, 0.6) is 0 Å². The number of carbonyl (C=O) groups excluding carboxylic acids is 1. The summed E-state index contributed by atoms with van der Waals surface area (Å²) in [6, 6.07) is 8.25. The fourth-order valence-corrected chi connectivity index (χ4v) is 2.16. The number of hydrogen-bond acceptors (Lipinski definition) is 4. The van der Waals surface area contributed by atoms with Crippen LogP contribution in [0.25, 0.3) is 0 Å². The van der Waals surface area contributed by atoms with Crippen LogP contribution in [0.4, 0.5) is 5.69 Å². The molecule has 0 bridgehead atoms. The van der Waals surface area contributed by atoms with E-state index in [0.717, 1.165) is 11.3 Å². The Morgan fingerprint density at radius 2 is 1.90 bits per heavy atom. The fourth-order valence-electron chi connectivity index (χ4n) is 2.16. The lowest BCUT2D eigenvalue weighted by Gasteiger charge is -2.29. The van der Waals surface area contributed by atoms with Gasteiger partial charge in [-0.1, -0.05) is 12.1 Å². The van der Waals surface area contributed by atoms with E-state index in [4.69, 9.17) is 10.5 Å². The number of benzene rings is 1. The Morgan fingerprint density at radius 1 is 1.29 bits per heavy atom. The van der Waals surface area contributed by atoms with Gasteiger partial charge < -0.3 is 20.7 Å². The summed E-state index contributed by atoms with van der Waals surface area (Å²) in [5, 5.41) is 2.93. The molecule has 0 heterocycles. The fraction of sp³-hybridized carbons (Fsp3) is 0.562. The molecule has 0 aromatic heterocycles. The normalized spacial score (nSPS) is 12.3. The van der Waals surface area contributed by atoms with E-state index in [1.807, 2.05) is 31.2 Å². The average Bonchev–Trinajstić information content (AvgIpc) is 2.45. The second-order valence-corrected chi connectivity index (χ2v) is 5.52. The number of anilines is 1. The quantitative estimate of drug-likeness (QED) is 0.762. The smallest absolute Gasteiger partial charge is 0.239 e. The highest BCUT2D eigenvalue weighted by molar-refractivity contribution is 5.81. The lowest BCUT2D eigenvalue weighted by atomic mass is 10.1. The Morgan fingerprint density at radius 3 is 2.38 bits per heavy atom. The van der Waals surface area contributed by atoms with Gasteiger partial charge in [0.25, 0.3) is 0 Å². The van der Waals surface area contributed by atoms with Gasteiger partial charge in [-0.05, 0) is 38.5 Å². The van der Waals surface area contributed by atoms with E-state index in [0.29, 0.717) is 19.7 Å². The Kier molecular flexibility index (Phi) is 7.19. The van der Waals surface area contributed by atoms with Crippen molar-refractivity contribution in [2.75, 3.05) is 25.2 Å². The third kappa shape index (κ3) is 5.73. The van der Waals surface area contributed by atoms with Crippen molar-refractivity contribution in [2.45, 2.75) is 39.4 Å². The Balaban J connectivity index is 2.70. The standard InChI is InChI=1S/C16H27N3O2/c1-12(2)19(10-16(20)18-13(3)11-21-4)15-7-5-14(9-17)6-8-15/h5-8,12-13H,9-11,17H2,1-4H3,(H,18,20). The van der Waals surface area contributed by atoms with Crippen LogP contribution < -0.4 is 16.0 Å². The van der Waals surface area contributed by atoms with Gasteiger partial charge in [-0.3, -0.25) is 4.79 Å². The van der Waals surface area contributed by atoms with Gasteiger partial charge >= 0.3 is 0 Å². The van der Waals surface area contributed by atoms with Gasteiger partial charge in [0.1, 0.15) is 0 Å². The van der Waals surface area contributed by atoms with Crippen LogP contribution in [0.2, 0.25) is 0 Å². The summed E-state index contributed by atoms with van der Waals surface area (Å²) in [7, 11) is 1.63. The summed E-state index contributed by atoms with van der Waals surface area (Å²) in [4.78, 5) is 14.2. The zero-order valence-corrected chi connectivity index (χ0v) is 13.4. The molecule has 0 fully saturated rings. The number of nitrogens with one attached hydrogen (secondary N) is 1. The molecule has 1 aromatic carbocycles. The van der Waals surface area contributed by atoms with Crippen molar-refractivity contribution in [3.63, 3.8) is 0 Å². The molecule has 0 radical (unpaired) electrons. The summed E-state index contributed by atoms with van der Waals surface area (Å²) in [6.45, 7) is 7.44. The highest BCUT2D eigenvalue weighted by Gasteiger charge is 2.16. The predicted octanol–water partition coefficient (Wildman–Crippen LogP) is 1.51. The van der Waals surface area contributed by atoms with Gasteiger partial charge in [0.15, 0.2) is 0 Å². The number of amides is 1. The van der Waals surface area contributed by atoms with E-state index < -0.39 is 0 Å². The number of hydrogen-bond donors (Lipinski definition) is 2. The predicted molar refractivity (Wildman–Crippen MR) is 86.3 cm³/mol. The summed E-state index contributed by atoms with van der Waals surface area (Å²) in [6.07, 6.45) is 0. The highest BCUT2D eigenvalue weighted by atomic mass is 16.5.